The van der Waals surface area contributed by atoms with Gasteiger partial charge < -0.3 is 14.2 Å². The molecule has 4 aromatic rings. The van der Waals surface area contributed by atoms with E-state index >= 15 is 0 Å². The monoisotopic (exact) mass is 426 g/mol. The van der Waals surface area contributed by atoms with E-state index in [-0.39, 0.29) is 11.8 Å². The Hall–Kier alpha value is -3.51. The van der Waals surface area contributed by atoms with Crippen LogP contribution in [-0.4, -0.2) is 51.6 Å². The maximum Gasteiger partial charge on any atom is 0.253 e. The second kappa shape index (κ2) is 9.32. The number of benzene rings is 2. The number of carbonyl (C=O) groups excluding carboxylic acids is 1. The second-order valence-electron chi connectivity index (χ2n) is 8.35. The van der Waals surface area contributed by atoms with Crippen LogP contribution < -0.4 is 0 Å². The van der Waals surface area contributed by atoms with Gasteiger partial charge in [-0.15, -0.1) is 0 Å². The van der Waals surface area contributed by atoms with Crippen molar-refractivity contribution >= 4 is 16.7 Å². The van der Waals surface area contributed by atoms with E-state index < -0.39 is 0 Å². The predicted molar refractivity (Wildman–Crippen MR) is 123 cm³/mol. The molecule has 0 spiro atoms. The molecule has 6 nitrogen and oxygen atoms in total. The molecule has 3 heterocycles. The summed E-state index contributed by atoms with van der Waals surface area (Å²) in [7, 11) is 0. The van der Waals surface area contributed by atoms with Gasteiger partial charge in [0.1, 0.15) is 0 Å². The molecule has 2 aromatic carbocycles. The number of pyridine rings is 1. The number of carbonyl (C=O) groups is 1. The summed E-state index contributed by atoms with van der Waals surface area (Å²) in [6.45, 7) is 3.20. The largest absolute Gasteiger partial charge is 0.379 e. The Morgan fingerprint density at radius 1 is 1.09 bits per heavy atom. The van der Waals surface area contributed by atoms with E-state index in [1.165, 1.54) is 16.3 Å². The minimum Gasteiger partial charge on any atom is -0.379 e. The third kappa shape index (κ3) is 4.55. The van der Waals surface area contributed by atoms with Crippen molar-refractivity contribution in [2.45, 2.75) is 13.0 Å². The smallest absolute Gasteiger partial charge is 0.253 e. The highest BCUT2D eigenvalue weighted by atomic mass is 16.5. The molecule has 1 fully saturated rings. The van der Waals surface area contributed by atoms with Crippen LogP contribution in [0.15, 0.2) is 79.6 Å². The van der Waals surface area contributed by atoms with Crippen molar-refractivity contribution < 1.29 is 9.53 Å². The molecular weight excluding hydrogens is 400 g/mol. The van der Waals surface area contributed by atoms with Gasteiger partial charge in [0, 0.05) is 61.3 Å². The number of rotatable bonds is 5. The molecule has 6 heteroatoms. The van der Waals surface area contributed by atoms with Crippen LogP contribution in [0.1, 0.15) is 21.5 Å². The van der Waals surface area contributed by atoms with E-state index in [9.17, 15) is 4.79 Å². The SMILES string of the molecule is O=C(c1cccc(Cn2ccnc2)c1)N1CCOC[C@H](Cc2cccc3ccncc23)C1. The van der Waals surface area contributed by atoms with Gasteiger partial charge in [0.15, 0.2) is 0 Å². The normalized spacial score (nSPS) is 16.8. The molecule has 0 N–H and O–H groups in total. The van der Waals surface area contributed by atoms with E-state index in [1.807, 2.05) is 58.4 Å². The first kappa shape index (κ1) is 20.4. The molecule has 1 amide bonds. The molecule has 2 aromatic heterocycles. The molecule has 1 atom stereocenters. The molecule has 0 radical (unpaired) electrons. The number of hydrogen-bond acceptors (Lipinski definition) is 4. The zero-order valence-corrected chi connectivity index (χ0v) is 17.9. The first-order valence-electron chi connectivity index (χ1n) is 11.0. The maximum atomic E-state index is 13.4. The minimum absolute atomic E-state index is 0.0626. The molecule has 1 aliphatic rings. The number of imidazole rings is 1. The van der Waals surface area contributed by atoms with Gasteiger partial charge in [-0.2, -0.15) is 0 Å². The number of nitrogens with zero attached hydrogens (tertiary/aromatic N) is 4. The van der Waals surface area contributed by atoms with E-state index in [0.717, 1.165) is 17.5 Å². The first-order chi connectivity index (χ1) is 15.8. The summed E-state index contributed by atoms with van der Waals surface area (Å²) in [5, 5.41) is 2.36. The molecule has 0 aliphatic carbocycles. The first-order valence-corrected chi connectivity index (χ1v) is 11.0. The Labute approximate surface area is 187 Å². The van der Waals surface area contributed by atoms with Crippen LogP contribution >= 0.6 is 0 Å². The van der Waals surface area contributed by atoms with Gasteiger partial charge in [-0.1, -0.05) is 30.3 Å². The van der Waals surface area contributed by atoms with E-state index in [1.54, 1.807) is 12.5 Å². The second-order valence-corrected chi connectivity index (χ2v) is 8.35. The van der Waals surface area contributed by atoms with Crippen LogP contribution in [0.2, 0.25) is 0 Å². The van der Waals surface area contributed by atoms with Gasteiger partial charge >= 0.3 is 0 Å². The Morgan fingerprint density at radius 3 is 2.94 bits per heavy atom. The van der Waals surface area contributed by atoms with Crippen LogP contribution in [0.3, 0.4) is 0 Å². The molecule has 0 unspecified atom stereocenters. The van der Waals surface area contributed by atoms with Crippen molar-refractivity contribution in [2.24, 2.45) is 5.92 Å². The number of hydrogen-bond donors (Lipinski definition) is 0. The van der Waals surface area contributed by atoms with Gasteiger partial charge in [0.2, 0.25) is 0 Å². The highest BCUT2D eigenvalue weighted by Crippen LogP contribution is 2.23. The van der Waals surface area contributed by atoms with Gasteiger partial charge in [-0.3, -0.25) is 9.78 Å². The van der Waals surface area contributed by atoms with Crippen LogP contribution in [0, 0.1) is 5.92 Å². The molecular formula is C26H26N4O2. The third-order valence-electron chi connectivity index (χ3n) is 6.01. The summed E-state index contributed by atoms with van der Waals surface area (Å²) in [4.78, 5) is 23.7. The molecule has 1 saturated heterocycles. The lowest BCUT2D eigenvalue weighted by Gasteiger charge is -2.24. The zero-order valence-electron chi connectivity index (χ0n) is 17.9. The highest BCUT2D eigenvalue weighted by molar-refractivity contribution is 5.94. The summed E-state index contributed by atoms with van der Waals surface area (Å²) in [6, 6.07) is 16.3. The van der Waals surface area contributed by atoms with E-state index in [2.05, 4.69) is 28.2 Å². The summed E-state index contributed by atoms with van der Waals surface area (Å²) < 4.78 is 7.88. The summed E-state index contributed by atoms with van der Waals surface area (Å²) in [6.07, 6.45) is 10.1. The van der Waals surface area contributed by atoms with E-state index in [0.29, 0.717) is 32.8 Å². The zero-order chi connectivity index (χ0) is 21.8. The Bertz CT molecular complexity index is 1200. The Morgan fingerprint density at radius 2 is 2.03 bits per heavy atom. The average molecular weight is 427 g/mol. The molecule has 0 bridgehead atoms. The molecule has 0 saturated carbocycles. The third-order valence-corrected chi connectivity index (χ3v) is 6.01. The number of ether oxygens (including phenoxy) is 1. The van der Waals surface area contributed by atoms with Gasteiger partial charge in [-0.05, 0) is 41.1 Å². The molecule has 162 valence electrons. The molecule has 32 heavy (non-hydrogen) atoms. The lowest BCUT2D eigenvalue weighted by atomic mass is 9.95. The Kier molecular flexibility index (Phi) is 5.94. The summed E-state index contributed by atoms with van der Waals surface area (Å²) in [5.41, 5.74) is 3.05. The summed E-state index contributed by atoms with van der Waals surface area (Å²) in [5.74, 6) is 0.300. The van der Waals surface area contributed by atoms with Gasteiger partial charge in [0.25, 0.3) is 5.91 Å². The number of fused-ring (bicyclic) bond motifs is 1. The van der Waals surface area contributed by atoms with Crippen LogP contribution in [0.4, 0.5) is 0 Å². The van der Waals surface area contributed by atoms with Crippen molar-refractivity contribution in [1.29, 1.82) is 0 Å². The predicted octanol–water partition coefficient (Wildman–Crippen LogP) is 3.81. The lowest BCUT2D eigenvalue weighted by Crippen LogP contribution is -2.36. The Balaban J connectivity index is 1.32. The molecule has 5 rings (SSSR count). The highest BCUT2D eigenvalue weighted by Gasteiger charge is 2.24. The van der Waals surface area contributed by atoms with Crippen LogP contribution in [0.5, 0.6) is 0 Å². The fourth-order valence-corrected chi connectivity index (χ4v) is 4.43. The van der Waals surface area contributed by atoms with Crippen molar-refractivity contribution in [3.63, 3.8) is 0 Å². The van der Waals surface area contributed by atoms with Crippen LogP contribution in [0.25, 0.3) is 10.8 Å². The minimum atomic E-state index is 0.0626. The quantitative estimate of drug-likeness (QED) is 0.487. The maximum absolute atomic E-state index is 13.4. The standard InChI is InChI=1S/C26H26N4O2/c31-26(24-6-1-3-20(13-24)16-29-10-9-28-19-29)30-11-12-32-18-21(17-30)14-23-5-2-4-22-7-8-27-15-25(22)23/h1-10,13,15,19,21H,11-12,14,16-18H2/t21-/m1/s1. The van der Waals surface area contributed by atoms with Crippen molar-refractivity contribution in [3.8, 4) is 0 Å². The van der Waals surface area contributed by atoms with Gasteiger partial charge in [-0.25, -0.2) is 4.98 Å². The summed E-state index contributed by atoms with van der Waals surface area (Å²) >= 11 is 0. The lowest BCUT2D eigenvalue weighted by molar-refractivity contribution is 0.0737. The van der Waals surface area contributed by atoms with Crippen LogP contribution in [-0.2, 0) is 17.7 Å². The van der Waals surface area contributed by atoms with Crippen molar-refractivity contribution in [2.75, 3.05) is 26.3 Å². The fraction of sp³-hybridized carbons (Fsp3) is 0.269. The van der Waals surface area contributed by atoms with Gasteiger partial charge in [0.05, 0.1) is 19.5 Å². The molecule has 1 aliphatic heterocycles. The van der Waals surface area contributed by atoms with Crippen molar-refractivity contribution in [3.05, 3.63) is 96.3 Å². The topological polar surface area (TPSA) is 60.2 Å². The number of aromatic nitrogens is 3. The average Bonchev–Trinajstić information content (AvgIpc) is 3.22. The number of amides is 1. The van der Waals surface area contributed by atoms with Crippen molar-refractivity contribution in [1.82, 2.24) is 19.4 Å². The fourth-order valence-electron chi connectivity index (χ4n) is 4.43. The van der Waals surface area contributed by atoms with E-state index in [4.69, 9.17) is 4.74 Å².